The van der Waals surface area contributed by atoms with Crippen LogP contribution in [0.25, 0.3) is 0 Å². The van der Waals surface area contributed by atoms with Crippen molar-refractivity contribution in [1.82, 2.24) is 24.7 Å². The van der Waals surface area contributed by atoms with Crippen molar-refractivity contribution >= 4 is 11.7 Å². The molecule has 2 aliphatic rings. The van der Waals surface area contributed by atoms with Gasteiger partial charge < -0.3 is 15.9 Å². The van der Waals surface area contributed by atoms with Crippen molar-refractivity contribution in [3.63, 3.8) is 0 Å². The zero-order valence-corrected chi connectivity index (χ0v) is 16.3. The summed E-state index contributed by atoms with van der Waals surface area (Å²) in [6, 6.07) is 8.10. The first-order valence-corrected chi connectivity index (χ1v) is 9.84. The lowest BCUT2D eigenvalue weighted by atomic mass is 10.2. The van der Waals surface area contributed by atoms with E-state index in [1.165, 1.54) is 4.79 Å². The van der Waals surface area contributed by atoms with Crippen molar-refractivity contribution < 1.29 is 4.74 Å². The number of nitrogen functional groups attached to an aromatic ring is 1. The molecule has 1 aliphatic heterocycles. The number of nitrogens with one attached hydrogen (secondary N) is 1. The third kappa shape index (κ3) is 3.86. The number of ether oxygens (including phenoxy) is 1. The van der Waals surface area contributed by atoms with E-state index in [1.807, 2.05) is 36.0 Å². The zero-order chi connectivity index (χ0) is 19.8. The Bertz CT molecular complexity index is 1020. The van der Waals surface area contributed by atoms with Crippen LogP contribution in [0.4, 0.5) is 5.82 Å². The van der Waals surface area contributed by atoms with E-state index in [1.54, 1.807) is 12.4 Å². The molecule has 3 N–H and O–H groups in total. The van der Waals surface area contributed by atoms with Gasteiger partial charge in [0, 0.05) is 29.4 Å². The summed E-state index contributed by atoms with van der Waals surface area (Å²) in [6.45, 7) is 3.18. The van der Waals surface area contributed by atoms with Gasteiger partial charge in [-0.05, 0) is 31.4 Å². The molecule has 0 radical (unpaired) electrons. The molecular formula is C20H24N8O. The van der Waals surface area contributed by atoms with Crippen LogP contribution in [-0.4, -0.2) is 43.3 Å². The third-order valence-corrected chi connectivity index (χ3v) is 5.35. The molecule has 3 atom stereocenters. The molecule has 9 nitrogen and oxygen atoms in total. The standard InChI is InChI=1S/C20H24N8O/c1-13-6-19-25-20(29-12-15-7-16(15)17-4-2-3-5-22-17)8-18(28(19)26-13)23-9-14-10-24-27(21)11-14/h2-6,10-11,15-16,20,25H,7-9,12,21H2,1H3. The van der Waals surface area contributed by atoms with E-state index in [-0.39, 0.29) is 6.23 Å². The van der Waals surface area contributed by atoms with Gasteiger partial charge in [-0.1, -0.05) is 6.07 Å². The molecule has 150 valence electrons. The molecule has 3 aromatic heterocycles. The van der Waals surface area contributed by atoms with Crippen LogP contribution in [0, 0.1) is 12.8 Å². The van der Waals surface area contributed by atoms with E-state index in [9.17, 15) is 0 Å². The van der Waals surface area contributed by atoms with Crippen LogP contribution < -0.4 is 11.2 Å². The Morgan fingerprint density at radius 1 is 1.38 bits per heavy atom. The monoisotopic (exact) mass is 392 g/mol. The first kappa shape index (κ1) is 17.9. The van der Waals surface area contributed by atoms with Gasteiger partial charge in [0.25, 0.3) is 0 Å². The van der Waals surface area contributed by atoms with Crippen LogP contribution in [-0.2, 0) is 11.3 Å². The number of aryl methyl sites for hydroxylation is 1. The molecule has 1 aliphatic carbocycles. The first-order valence-electron chi connectivity index (χ1n) is 9.84. The molecule has 3 aromatic rings. The van der Waals surface area contributed by atoms with Crippen molar-refractivity contribution in [2.75, 3.05) is 17.8 Å². The highest BCUT2D eigenvalue weighted by molar-refractivity contribution is 5.89. The third-order valence-electron chi connectivity index (χ3n) is 5.35. The Labute approximate surface area is 168 Å². The lowest BCUT2D eigenvalue weighted by Crippen LogP contribution is -2.36. The molecule has 0 saturated heterocycles. The van der Waals surface area contributed by atoms with E-state index in [2.05, 4.69) is 26.6 Å². The maximum absolute atomic E-state index is 6.21. The van der Waals surface area contributed by atoms with Gasteiger partial charge in [-0.3, -0.25) is 9.98 Å². The SMILES string of the molecule is Cc1cc2n(n1)C(=NCc1cnn(N)c1)CC(OCC1CC1c1ccccn1)N2. The van der Waals surface area contributed by atoms with E-state index < -0.39 is 0 Å². The lowest BCUT2D eigenvalue weighted by molar-refractivity contribution is 0.0651. The summed E-state index contributed by atoms with van der Waals surface area (Å²) in [5, 5.41) is 12.0. The normalized spacial score (nSPS) is 24.3. The topological polar surface area (TPSA) is 108 Å². The van der Waals surface area contributed by atoms with Crippen molar-refractivity contribution in [2.24, 2.45) is 10.9 Å². The second kappa shape index (κ2) is 7.32. The number of fused-ring (bicyclic) bond motifs is 1. The summed E-state index contributed by atoms with van der Waals surface area (Å²) in [4.78, 5) is 10.5. The number of nitrogens with two attached hydrogens (primary N) is 1. The van der Waals surface area contributed by atoms with Gasteiger partial charge in [0.2, 0.25) is 0 Å². The summed E-state index contributed by atoms with van der Waals surface area (Å²) in [5.74, 6) is 8.43. The van der Waals surface area contributed by atoms with Crippen LogP contribution in [0.1, 0.15) is 35.7 Å². The number of aromatic nitrogens is 5. The van der Waals surface area contributed by atoms with Crippen LogP contribution in [0.5, 0.6) is 0 Å². The average molecular weight is 392 g/mol. The number of hydrogen-bond donors (Lipinski definition) is 2. The summed E-state index contributed by atoms with van der Waals surface area (Å²) < 4.78 is 8.07. The summed E-state index contributed by atoms with van der Waals surface area (Å²) >= 11 is 0. The fraction of sp³-hybridized carbons (Fsp3) is 0.400. The molecule has 1 saturated carbocycles. The fourth-order valence-corrected chi connectivity index (χ4v) is 3.77. The highest BCUT2D eigenvalue weighted by Crippen LogP contribution is 2.46. The second-order valence-electron chi connectivity index (χ2n) is 7.67. The van der Waals surface area contributed by atoms with Crippen LogP contribution in [0.2, 0.25) is 0 Å². The molecule has 5 rings (SSSR count). The first-order chi connectivity index (χ1) is 14.2. The van der Waals surface area contributed by atoms with E-state index in [4.69, 9.17) is 15.6 Å². The van der Waals surface area contributed by atoms with Crippen LogP contribution in [0.3, 0.4) is 0 Å². The van der Waals surface area contributed by atoms with E-state index >= 15 is 0 Å². The lowest BCUT2D eigenvalue weighted by Gasteiger charge is -2.27. The maximum atomic E-state index is 6.21. The average Bonchev–Trinajstić information content (AvgIpc) is 3.23. The van der Waals surface area contributed by atoms with Gasteiger partial charge in [0.05, 0.1) is 37.7 Å². The number of aliphatic imine (C=N–C) groups is 1. The van der Waals surface area contributed by atoms with Gasteiger partial charge in [-0.25, -0.2) is 4.68 Å². The van der Waals surface area contributed by atoms with Gasteiger partial charge in [-0.15, -0.1) is 0 Å². The zero-order valence-electron chi connectivity index (χ0n) is 16.3. The quantitative estimate of drug-likeness (QED) is 0.621. The van der Waals surface area contributed by atoms with Crippen molar-refractivity contribution in [3.05, 3.63) is 59.8 Å². The highest BCUT2D eigenvalue weighted by Gasteiger charge is 2.40. The molecule has 9 heteroatoms. The molecule has 0 bridgehead atoms. The van der Waals surface area contributed by atoms with Gasteiger partial charge in [-0.2, -0.15) is 15.0 Å². The van der Waals surface area contributed by atoms with E-state index in [0.717, 1.165) is 35.0 Å². The fourth-order valence-electron chi connectivity index (χ4n) is 3.77. The summed E-state index contributed by atoms with van der Waals surface area (Å²) in [5.41, 5.74) is 3.06. The number of nitrogens with zero attached hydrogens (tertiary/aromatic N) is 6. The minimum atomic E-state index is -0.125. The summed E-state index contributed by atoms with van der Waals surface area (Å²) in [7, 11) is 0. The Kier molecular flexibility index (Phi) is 4.51. The van der Waals surface area contributed by atoms with Crippen molar-refractivity contribution in [1.29, 1.82) is 0 Å². The number of hydrogen-bond acceptors (Lipinski definition) is 7. The molecular weight excluding hydrogens is 368 g/mol. The Hall–Kier alpha value is -3.20. The molecule has 1 fully saturated rings. The maximum Gasteiger partial charge on any atom is 0.135 e. The second-order valence-corrected chi connectivity index (χ2v) is 7.67. The molecule has 29 heavy (non-hydrogen) atoms. The minimum absolute atomic E-state index is 0.125. The predicted octanol–water partition coefficient (Wildman–Crippen LogP) is 1.91. The van der Waals surface area contributed by atoms with Gasteiger partial charge in [0.1, 0.15) is 17.9 Å². The minimum Gasteiger partial charge on any atom is -0.358 e. The predicted molar refractivity (Wildman–Crippen MR) is 109 cm³/mol. The van der Waals surface area contributed by atoms with Gasteiger partial charge >= 0.3 is 0 Å². The molecule has 0 amide bonds. The molecule has 0 spiro atoms. The smallest absolute Gasteiger partial charge is 0.135 e. The Morgan fingerprint density at radius 2 is 2.31 bits per heavy atom. The van der Waals surface area contributed by atoms with E-state index in [0.29, 0.717) is 31.4 Å². The number of pyridine rings is 1. The Morgan fingerprint density at radius 3 is 3.10 bits per heavy atom. The number of anilines is 1. The van der Waals surface area contributed by atoms with Crippen LogP contribution in [0.15, 0.2) is 47.8 Å². The Balaban J connectivity index is 1.25. The highest BCUT2D eigenvalue weighted by atomic mass is 16.5. The van der Waals surface area contributed by atoms with Crippen LogP contribution >= 0.6 is 0 Å². The van der Waals surface area contributed by atoms with Crippen molar-refractivity contribution in [2.45, 2.75) is 38.5 Å². The molecule has 3 unspecified atom stereocenters. The summed E-state index contributed by atoms with van der Waals surface area (Å²) in [6.07, 6.45) is 6.99. The number of rotatable bonds is 6. The van der Waals surface area contributed by atoms with Crippen molar-refractivity contribution in [3.8, 4) is 0 Å². The van der Waals surface area contributed by atoms with Gasteiger partial charge in [0.15, 0.2) is 0 Å². The molecule has 4 heterocycles. The molecule has 0 aromatic carbocycles. The largest absolute Gasteiger partial charge is 0.358 e.